The number of carbonyl (C=O) groups is 1. The summed E-state index contributed by atoms with van der Waals surface area (Å²) in [5.41, 5.74) is 0. The first-order valence-corrected chi connectivity index (χ1v) is 6.44. The maximum Gasteiger partial charge on any atom is 0.407 e. The quantitative estimate of drug-likeness (QED) is 0.605. The fourth-order valence-corrected chi connectivity index (χ4v) is 2.44. The number of aliphatic hydroxyl groups is 1. The van der Waals surface area contributed by atoms with Gasteiger partial charge in [0.25, 0.3) is 5.92 Å². The summed E-state index contributed by atoms with van der Waals surface area (Å²) in [6, 6.07) is -3.81. The van der Waals surface area contributed by atoms with Gasteiger partial charge in [-0.2, -0.15) is 0 Å². The molecule has 1 saturated heterocycles. The Bertz CT molecular complexity index is 412. The number of aliphatic hydroxyl groups excluding tert-OH is 1. The molecule has 0 aromatic carbocycles. The van der Waals surface area contributed by atoms with Crippen LogP contribution in [-0.4, -0.2) is 67.0 Å². The van der Waals surface area contributed by atoms with Crippen molar-refractivity contribution in [2.45, 2.75) is 18.0 Å². The van der Waals surface area contributed by atoms with Gasteiger partial charge in [-0.3, -0.25) is 4.90 Å². The predicted octanol–water partition coefficient (Wildman–Crippen LogP) is -1.11. The maximum atomic E-state index is 13.6. The molecule has 0 bridgehead atoms. The number of hydrogen-bond acceptors (Lipinski definition) is 4. The third-order valence-corrected chi connectivity index (χ3v) is 3.15. The van der Waals surface area contributed by atoms with Crippen LogP contribution < -0.4 is 4.72 Å². The molecule has 100 valence electrons. The van der Waals surface area contributed by atoms with Crippen LogP contribution in [-0.2, 0) is 10.0 Å². The number of halogens is 2. The minimum atomic E-state index is -3.89. The van der Waals surface area contributed by atoms with Gasteiger partial charge in [-0.1, -0.05) is 0 Å². The lowest BCUT2D eigenvalue weighted by Gasteiger charge is -2.24. The lowest BCUT2D eigenvalue weighted by Crippen LogP contribution is -2.50. The van der Waals surface area contributed by atoms with E-state index in [9.17, 15) is 22.0 Å². The van der Waals surface area contributed by atoms with Gasteiger partial charge in [-0.15, -0.1) is 0 Å². The van der Waals surface area contributed by atoms with E-state index in [1.165, 1.54) is 0 Å². The Kier molecular flexibility index (Phi) is 3.60. The van der Waals surface area contributed by atoms with E-state index in [1.54, 1.807) is 4.72 Å². The van der Waals surface area contributed by atoms with Crippen molar-refractivity contribution < 1.29 is 32.2 Å². The van der Waals surface area contributed by atoms with Crippen molar-refractivity contribution >= 4 is 16.1 Å². The standard InChI is InChI=1S/C7H12F2N2O5S/c1-17(15,16)10-4-2-11(6(13)14)5(3-12)7(4,8)9/h4-5,10,12H,2-3H2,1H3,(H,13,14)/t4-,5-/m1/s1. The molecule has 0 spiro atoms. The van der Waals surface area contributed by atoms with Crippen molar-refractivity contribution in [1.29, 1.82) is 0 Å². The van der Waals surface area contributed by atoms with Gasteiger partial charge < -0.3 is 10.2 Å². The number of hydrogen-bond donors (Lipinski definition) is 3. The summed E-state index contributed by atoms with van der Waals surface area (Å²) >= 11 is 0. The molecular weight excluding hydrogens is 262 g/mol. The average Bonchev–Trinajstić information content (AvgIpc) is 2.35. The predicted molar refractivity (Wildman–Crippen MR) is 52.3 cm³/mol. The van der Waals surface area contributed by atoms with Gasteiger partial charge >= 0.3 is 6.09 Å². The Morgan fingerprint density at radius 1 is 1.59 bits per heavy atom. The number of sulfonamides is 1. The third-order valence-electron chi connectivity index (χ3n) is 2.44. The number of likely N-dealkylation sites (tertiary alicyclic amines) is 1. The first-order valence-electron chi connectivity index (χ1n) is 4.55. The van der Waals surface area contributed by atoms with Gasteiger partial charge in [-0.25, -0.2) is 26.7 Å². The first-order chi connectivity index (χ1) is 7.59. The fraction of sp³-hybridized carbons (Fsp3) is 0.857. The van der Waals surface area contributed by atoms with Crippen LogP contribution in [0.25, 0.3) is 0 Å². The van der Waals surface area contributed by atoms with Gasteiger partial charge in [-0.05, 0) is 0 Å². The minimum Gasteiger partial charge on any atom is -0.465 e. The van der Waals surface area contributed by atoms with E-state index in [4.69, 9.17) is 10.2 Å². The van der Waals surface area contributed by atoms with Crippen LogP contribution in [0.3, 0.4) is 0 Å². The smallest absolute Gasteiger partial charge is 0.407 e. The zero-order valence-electron chi connectivity index (χ0n) is 8.80. The molecule has 0 aliphatic carbocycles. The SMILES string of the molecule is CS(=O)(=O)N[C@@H]1CN(C(=O)O)[C@H](CO)C1(F)F. The molecule has 1 heterocycles. The van der Waals surface area contributed by atoms with Crippen molar-refractivity contribution in [3.05, 3.63) is 0 Å². The highest BCUT2D eigenvalue weighted by molar-refractivity contribution is 7.88. The molecular formula is C7H12F2N2O5S. The highest BCUT2D eigenvalue weighted by atomic mass is 32.2. The van der Waals surface area contributed by atoms with Crippen LogP contribution in [0.5, 0.6) is 0 Å². The van der Waals surface area contributed by atoms with E-state index < -0.39 is 47.3 Å². The van der Waals surface area contributed by atoms with Gasteiger partial charge in [0, 0.05) is 6.54 Å². The van der Waals surface area contributed by atoms with Crippen LogP contribution in [0.15, 0.2) is 0 Å². The Labute approximate surface area is 96.1 Å². The Balaban J connectivity index is 3.00. The van der Waals surface area contributed by atoms with Crippen molar-refractivity contribution in [2.75, 3.05) is 19.4 Å². The Morgan fingerprint density at radius 3 is 2.41 bits per heavy atom. The number of rotatable bonds is 3. The fourth-order valence-electron chi connectivity index (χ4n) is 1.69. The number of nitrogens with one attached hydrogen (secondary N) is 1. The molecule has 1 fully saturated rings. The largest absolute Gasteiger partial charge is 0.465 e. The van der Waals surface area contributed by atoms with E-state index >= 15 is 0 Å². The highest BCUT2D eigenvalue weighted by Gasteiger charge is 2.58. The second-order valence-corrected chi connectivity index (χ2v) is 5.53. The molecule has 7 nitrogen and oxygen atoms in total. The second kappa shape index (κ2) is 4.35. The van der Waals surface area contributed by atoms with E-state index in [2.05, 4.69) is 0 Å². The molecule has 1 amide bonds. The zero-order chi connectivity index (χ0) is 13.4. The van der Waals surface area contributed by atoms with Crippen molar-refractivity contribution in [1.82, 2.24) is 9.62 Å². The van der Waals surface area contributed by atoms with Gasteiger partial charge in [0.05, 0.1) is 12.9 Å². The monoisotopic (exact) mass is 274 g/mol. The highest BCUT2D eigenvalue weighted by Crippen LogP contribution is 2.34. The molecule has 0 radical (unpaired) electrons. The molecule has 1 rings (SSSR count). The summed E-state index contributed by atoms with van der Waals surface area (Å²) in [5, 5.41) is 17.4. The van der Waals surface area contributed by atoms with Gasteiger partial charge in [0.15, 0.2) is 0 Å². The molecule has 10 heteroatoms. The topological polar surface area (TPSA) is 107 Å². The summed E-state index contributed by atoms with van der Waals surface area (Å²) < 4.78 is 50.7. The summed E-state index contributed by atoms with van der Waals surface area (Å²) in [7, 11) is -3.89. The summed E-state index contributed by atoms with van der Waals surface area (Å²) in [4.78, 5) is 11.0. The van der Waals surface area contributed by atoms with Gasteiger partial charge in [0.1, 0.15) is 12.1 Å². The van der Waals surface area contributed by atoms with E-state index in [0.29, 0.717) is 11.2 Å². The third kappa shape index (κ3) is 2.82. The molecule has 0 aromatic rings. The molecule has 2 atom stereocenters. The minimum absolute atomic E-state index is 0.322. The van der Waals surface area contributed by atoms with Crippen LogP contribution in [0, 0.1) is 0 Å². The molecule has 17 heavy (non-hydrogen) atoms. The Morgan fingerprint density at radius 2 is 2.12 bits per heavy atom. The number of carboxylic acid groups (broad SMARTS) is 1. The zero-order valence-corrected chi connectivity index (χ0v) is 9.62. The first kappa shape index (κ1) is 14.1. The van der Waals surface area contributed by atoms with Crippen molar-refractivity contribution in [2.24, 2.45) is 0 Å². The number of nitrogens with zero attached hydrogens (tertiary/aromatic N) is 1. The number of amides is 1. The average molecular weight is 274 g/mol. The summed E-state index contributed by atoms with van der Waals surface area (Å²) in [5.74, 6) is -3.66. The van der Waals surface area contributed by atoms with Crippen LogP contribution >= 0.6 is 0 Å². The lowest BCUT2D eigenvalue weighted by atomic mass is 10.1. The molecule has 1 aliphatic rings. The molecule has 0 aromatic heterocycles. The molecule has 0 unspecified atom stereocenters. The summed E-state index contributed by atoms with van der Waals surface area (Å²) in [6.45, 7) is -1.79. The molecule has 3 N–H and O–H groups in total. The van der Waals surface area contributed by atoms with Crippen LogP contribution in [0.4, 0.5) is 13.6 Å². The lowest BCUT2D eigenvalue weighted by molar-refractivity contribution is -0.0590. The molecule has 1 aliphatic heterocycles. The van der Waals surface area contributed by atoms with E-state index in [-0.39, 0.29) is 0 Å². The van der Waals surface area contributed by atoms with Crippen LogP contribution in [0.2, 0.25) is 0 Å². The maximum absolute atomic E-state index is 13.6. The van der Waals surface area contributed by atoms with Crippen molar-refractivity contribution in [3.63, 3.8) is 0 Å². The van der Waals surface area contributed by atoms with Gasteiger partial charge in [0.2, 0.25) is 10.0 Å². The summed E-state index contributed by atoms with van der Waals surface area (Å²) in [6.07, 6.45) is -0.943. The number of alkyl halides is 2. The van der Waals surface area contributed by atoms with E-state index in [0.717, 1.165) is 0 Å². The second-order valence-electron chi connectivity index (χ2n) is 3.75. The van der Waals surface area contributed by atoms with Crippen molar-refractivity contribution in [3.8, 4) is 0 Å². The van der Waals surface area contributed by atoms with Crippen LogP contribution in [0.1, 0.15) is 0 Å². The normalized spacial score (nSPS) is 28.4. The Hall–Kier alpha value is -1.00. The molecule has 0 saturated carbocycles. The van der Waals surface area contributed by atoms with E-state index in [1.807, 2.05) is 0 Å².